The zero-order chi connectivity index (χ0) is 18.5. The molecular weight excluding hydrogens is 374 g/mol. The third-order valence-corrected chi connectivity index (χ3v) is 5.30. The van der Waals surface area contributed by atoms with Gasteiger partial charge in [-0.2, -0.15) is 0 Å². The van der Waals surface area contributed by atoms with E-state index in [1.165, 1.54) is 34.9 Å². The van der Waals surface area contributed by atoms with E-state index in [0.29, 0.717) is 17.4 Å². The van der Waals surface area contributed by atoms with E-state index in [0.717, 1.165) is 11.3 Å². The molecule has 2 aromatic rings. The van der Waals surface area contributed by atoms with Crippen LogP contribution in [0.15, 0.2) is 35.7 Å². The molecule has 1 aromatic carbocycles. The lowest BCUT2D eigenvalue weighted by Gasteiger charge is -2.16. The molecule has 1 fully saturated rings. The van der Waals surface area contributed by atoms with Gasteiger partial charge in [-0.3, -0.25) is 19.7 Å². The Morgan fingerprint density at radius 1 is 1.35 bits per heavy atom. The zero-order valence-electron chi connectivity index (χ0n) is 14.0. The van der Waals surface area contributed by atoms with Crippen molar-refractivity contribution in [2.75, 3.05) is 24.2 Å². The molecule has 0 aliphatic carbocycles. The minimum Gasteiger partial charge on any atom is -0.451 e. The number of nitrogens with zero attached hydrogens (tertiary/aromatic N) is 2. The molecular formula is C17H17N3O4S2. The first kappa shape index (κ1) is 18.4. The molecule has 7 nitrogen and oxygen atoms in total. The summed E-state index contributed by atoms with van der Waals surface area (Å²) >= 11 is 2.46. The SMILES string of the molecule is C[C@H](OC(=O)CN1CCSC1=O)C(=O)Nc1nc(-c2ccccc2)cs1. The standard InChI is InChI=1S/C17H17N3O4S2/c1-11(24-14(21)9-20-7-8-25-17(20)23)15(22)19-16-18-13(10-26-16)12-5-3-2-4-6-12/h2-6,10-11H,7-9H2,1H3,(H,18,19,22)/t11-/m0/s1. The summed E-state index contributed by atoms with van der Waals surface area (Å²) in [5.41, 5.74) is 1.72. The first-order valence-electron chi connectivity index (χ1n) is 7.96. The molecule has 0 radical (unpaired) electrons. The smallest absolute Gasteiger partial charge is 0.326 e. The maximum atomic E-state index is 12.2. The molecule has 0 unspecified atom stereocenters. The maximum Gasteiger partial charge on any atom is 0.326 e. The largest absolute Gasteiger partial charge is 0.451 e. The third-order valence-electron chi connectivity index (χ3n) is 3.65. The molecule has 0 bridgehead atoms. The number of nitrogens with one attached hydrogen (secondary N) is 1. The number of carbonyl (C=O) groups excluding carboxylic acids is 3. The summed E-state index contributed by atoms with van der Waals surface area (Å²) in [4.78, 5) is 41.3. The highest BCUT2D eigenvalue weighted by Gasteiger charge is 2.26. The van der Waals surface area contributed by atoms with Crippen molar-refractivity contribution in [3.05, 3.63) is 35.7 Å². The number of aromatic nitrogens is 1. The van der Waals surface area contributed by atoms with Crippen LogP contribution in [0.5, 0.6) is 0 Å². The van der Waals surface area contributed by atoms with Crippen LogP contribution in [-0.4, -0.2) is 51.9 Å². The topological polar surface area (TPSA) is 88.6 Å². The number of amides is 2. The van der Waals surface area contributed by atoms with Crippen LogP contribution in [0.4, 0.5) is 9.93 Å². The number of anilines is 1. The minimum absolute atomic E-state index is 0.140. The van der Waals surface area contributed by atoms with Crippen LogP contribution < -0.4 is 5.32 Å². The van der Waals surface area contributed by atoms with E-state index in [9.17, 15) is 14.4 Å². The van der Waals surface area contributed by atoms with Crippen molar-refractivity contribution in [1.82, 2.24) is 9.88 Å². The fraction of sp³-hybridized carbons (Fsp3) is 0.294. The molecule has 1 aliphatic rings. The van der Waals surface area contributed by atoms with Gasteiger partial charge in [-0.25, -0.2) is 4.98 Å². The van der Waals surface area contributed by atoms with Crippen LogP contribution in [-0.2, 0) is 14.3 Å². The zero-order valence-corrected chi connectivity index (χ0v) is 15.6. The van der Waals surface area contributed by atoms with Crippen molar-refractivity contribution in [2.45, 2.75) is 13.0 Å². The maximum absolute atomic E-state index is 12.2. The average Bonchev–Trinajstić information content (AvgIpc) is 3.25. The van der Waals surface area contributed by atoms with Crippen LogP contribution >= 0.6 is 23.1 Å². The van der Waals surface area contributed by atoms with Crippen molar-refractivity contribution in [3.8, 4) is 11.3 Å². The van der Waals surface area contributed by atoms with Crippen molar-refractivity contribution < 1.29 is 19.1 Å². The quantitative estimate of drug-likeness (QED) is 0.762. The van der Waals surface area contributed by atoms with E-state index in [1.807, 2.05) is 35.7 Å². The van der Waals surface area contributed by atoms with E-state index in [2.05, 4.69) is 10.3 Å². The summed E-state index contributed by atoms with van der Waals surface area (Å²) in [7, 11) is 0. The summed E-state index contributed by atoms with van der Waals surface area (Å²) in [6.07, 6.45) is -0.975. The van der Waals surface area contributed by atoms with E-state index in [-0.39, 0.29) is 11.8 Å². The lowest BCUT2D eigenvalue weighted by atomic mass is 10.2. The van der Waals surface area contributed by atoms with E-state index in [4.69, 9.17) is 4.74 Å². The van der Waals surface area contributed by atoms with E-state index < -0.39 is 18.0 Å². The van der Waals surface area contributed by atoms with Crippen LogP contribution in [0.2, 0.25) is 0 Å². The number of esters is 1. The Bertz CT molecular complexity index is 809. The van der Waals surface area contributed by atoms with Crippen molar-refractivity contribution in [3.63, 3.8) is 0 Å². The van der Waals surface area contributed by atoms with Gasteiger partial charge in [0.15, 0.2) is 11.2 Å². The summed E-state index contributed by atoms with van der Waals surface area (Å²) < 4.78 is 5.11. The van der Waals surface area contributed by atoms with Crippen molar-refractivity contribution in [1.29, 1.82) is 0 Å². The highest BCUT2D eigenvalue weighted by atomic mass is 32.2. The molecule has 136 valence electrons. The Labute approximate surface area is 158 Å². The Morgan fingerprint density at radius 2 is 2.12 bits per heavy atom. The number of thioether (sulfide) groups is 1. The number of ether oxygens (including phenoxy) is 1. The molecule has 1 N–H and O–H groups in total. The monoisotopic (exact) mass is 391 g/mol. The molecule has 1 saturated heterocycles. The molecule has 9 heteroatoms. The molecule has 1 atom stereocenters. The summed E-state index contributed by atoms with van der Waals surface area (Å²) in [5, 5.41) is 4.78. The van der Waals surface area contributed by atoms with Gasteiger partial charge in [0.2, 0.25) is 0 Å². The highest BCUT2D eigenvalue weighted by Crippen LogP contribution is 2.24. The predicted octanol–water partition coefficient (Wildman–Crippen LogP) is 2.85. The van der Waals surface area contributed by atoms with Gasteiger partial charge in [0.05, 0.1) is 5.69 Å². The third kappa shape index (κ3) is 4.61. The second-order valence-corrected chi connectivity index (χ2v) is 7.47. The second-order valence-electron chi connectivity index (χ2n) is 5.56. The van der Waals surface area contributed by atoms with E-state index in [1.54, 1.807) is 0 Å². The summed E-state index contributed by atoms with van der Waals surface area (Å²) in [6, 6.07) is 9.62. The fourth-order valence-electron chi connectivity index (χ4n) is 2.29. The fourth-order valence-corrected chi connectivity index (χ4v) is 3.84. The first-order valence-corrected chi connectivity index (χ1v) is 9.82. The van der Waals surface area contributed by atoms with Crippen LogP contribution in [0, 0.1) is 0 Å². The molecule has 1 aliphatic heterocycles. The van der Waals surface area contributed by atoms with Crippen LogP contribution in [0.3, 0.4) is 0 Å². The Balaban J connectivity index is 1.52. The van der Waals surface area contributed by atoms with Gasteiger partial charge in [-0.15, -0.1) is 11.3 Å². The minimum atomic E-state index is -0.975. The van der Waals surface area contributed by atoms with Gasteiger partial charge >= 0.3 is 5.97 Å². The first-order chi connectivity index (χ1) is 12.5. The predicted molar refractivity (Wildman–Crippen MR) is 101 cm³/mol. The number of rotatable bonds is 6. The van der Waals surface area contributed by atoms with Crippen LogP contribution in [0.25, 0.3) is 11.3 Å². The molecule has 2 heterocycles. The second kappa shape index (κ2) is 8.33. The molecule has 2 amide bonds. The van der Waals surface area contributed by atoms with Crippen LogP contribution in [0.1, 0.15) is 6.92 Å². The number of thiazole rings is 1. The molecule has 0 saturated carbocycles. The molecule has 1 aromatic heterocycles. The molecule has 26 heavy (non-hydrogen) atoms. The summed E-state index contributed by atoms with van der Waals surface area (Å²) in [6.45, 7) is 1.86. The Hall–Kier alpha value is -2.39. The number of carbonyl (C=O) groups is 3. The molecule has 3 rings (SSSR count). The van der Waals surface area contributed by atoms with Gasteiger partial charge < -0.3 is 9.64 Å². The highest BCUT2D eigenvalue weighted by molar-refractivity contribution is 8.13. The van der Waals surface area contributed by atoms with Gasteiger partial charge in [0.1, 0.15) is 6.54 Å². The lowest BCUT2D eigenvalue weighted by Crippen LogP contribution is -2.36. The van der Waals surface area contributed by atoms with Crippen molar-refractivity contribution in [2.24, 2.45) is 0 Å². The van der Waals surface area contributed by atoms with E-state index >= 15 is 0 Å². The average molecular weight is 391 g/mol. The Morgan fingerprint density at radius 3 is 2.81 bits per heavy atom. The number of benzene rings is 1. The Kier molecular flexibility index (Phi) is 5.89. The van der Waals surface area contributed by atoms with Gasteiger partial charge in [0.25, 0.3) is 11.1 Å². The number of hydrogen-bond acceptors (Lipinski definition) is 7. The normalized spacial score (nSPS) is 15.0. The van der Waals surface area contributed by atoms with Crippen molar-refractivity contribution >= 4 is 45.3 Å². The lowest BCUT2D eigenvalue weighted by molar-refractivity contribution is -0.153. The van der Waals surface area contributed by atoms with Gasteiger partial charge in [-0.05, 0) is 6.92 Å². The number of hydrogen-bond donors (Lipinski definition) is 1. The van der Waals surface area contributed by atoms with Gasteiger partial charge in [-0.1, -0.05) is 42.1 Å². The van der Waals surface area contributed by atoms with Gasteiger partial charge in [0, 0.05) is 23.2 Å². The summed E-state index contributed by atoms with van der Waals surface area (Å²) in [5.74, 6) is -0.405. The molecule has 0 spiro atoms.